The monoisotopic (exact) mass is 797 g/mol. The van der Waals surface area contributed by atoms with Crippen LogP contribution in [0.3, 0.4) is 0 Å². The Morgan fingerprint density at radius 3 is 1.90 bits per heavy atom. The number of fused-ring (bicyclic) bond motifs is 2. The summed E-state index contributed by atoms with van der Waals surface area (Å²) in [6.07, 6.45) is 1.87. The minimum atomic E-state index is -4.89. The summed E-state index contributed by atoms with van der Waals surface area (Å²) in [6, 6.07) is 14.6. The van der Waals surface area contributed by atoms with Gasteiger partial charge in [0, 0.05) is 36.5 Å². The van der Waals surface area contributed by atoms with Crippen molar-refractivity contribution in [2.45, 2.75) is 48.3 Å². The zero-order chi connectivity index (χ0) is 38.3. The quantitative estimate of drug-likeness (QED) is 0.0773. The fraction of sp³-hybridized carbons (Fsp3) is 0.303. The normalized spacial score (nSPS) is 17.9. The maximum atomic E-state index is 12.8. The van der Waals surface area contributed by atoms with Crippen molar-refractivity contribution in [1.82, 2.24) is 5.32 Å². The van der Waals surface area contributed by atoms with Crippen molar-refractivity contribution in [3.05, 3.63) is 100 Å². The highest BCUT2D eigenvalue weighted by atomic mass is 32.2. The zero-order valence-corrected chi connectivity index (χ0v) is 31.2. The average molecular weight is 798 g/mol. The smallest absolute Gasteiger partial charge is 0.366 e. The van der Waals surface area contributed by atoms with E-state index >= 15 is 0 Å². The lowest BCUT2D eigenvalue weighted by molar-refractivity contribution is -0.366. The molecule has 0 radical (unpaired) electrons. The van der Waals surface area contributed by atoms with Crippen LogP contribution >= 0.6 is 0 Å². The lowest BCUT2D eigenvalue weighted by Crippen LogP contribution is -2.40. The summed E-state index contributed by atoms with van der Waals surface area (Å²) in [4.78, 5) is -0.962. The first-order chi connectivity index (χ1) is 24.1. The summed E-state index contributed by atoms with van der Waals surface area (Å²) >= 11 is 0. The molecule has 3 aromatic carbocycles. The second-order valence-electron chi connectivity index (χ2n) is 12.6. The summed E-state index contributed by atoms with van der Waals surface area (Å²) in [5, 5.41) is 6.26. The van der Waals surface area contributed by atoms with Crippen LogP contribution in [0.4, 0.5) is 5.69 Å². The number of ketones is 1. The van der Waals surface area contributed by atoms with E-state index in [4.69, 9.17) is 8.98 Å². The first-order valence-corrected chi connectivity index (χ1v) is 21.9. The van der Waals surface area contributed by atoms with Crippen molar-refractivity contribution >= 4 is 57.5 Å². The van der Waals surface area contributed by atoms with E-state index in [9.17, 15) is 47.3 Å². The molecular formula is C33H37N2O13S4+. The Labute approximate surface area is 302 Å². The highest BCUT2D eigenvalue weighted by Gasteiger charge is 2.48. The molecule has 5 rings (SSSR count). The van der Waals surface area contributed by atoms with Crippen LogP contribution in [0.2, 0.25) is 0 Å². The minimum Gasteiger partial charge on any atom is -0.387 e. The maximum Gasteiger partial charge on any atom is 0.366 e. The van der Waals surface area contributed by atoms with Gasteiger partial charge in [-0.3, -0.25) is 18.2 Å². The molecule has 2 aliphatic rings. The van der Waals surface area contributed by atoms with Crippen LogP contribution in [0.5, 0.6) is 5.75 Å². The van der Waals surface area contributed by atoms with Gasteiger partial charge in [0.1, 0.15) is 10.5 Å². The van der Waals surface area contributed by atoms with Gasteiger partial charge >= 0.3 is 11.5 Å². The Kier molecular flexibility index (Phi) is 10.9. The second kappa shape index (κ2) is 14.5. The predicted octanol–water partition coefficient (Wildman–Crippen LogP) is 3.73. The molecule has 0 bridgehead atoms. The molecule has 3 aromatic rings. The Balaban J connectivity index is 1.80. The number of hydrogen-bond acceptors (Lipinski definition) is 10. The number of nitrogens with one attached hydrogen (secondary N) is 2. The van der Waals surface area contributed by atoms with E-state index < -0.39 is 67.2 Å². The van der Waals surface area contributed by atoms with Crippen molar-refractivity contribution in [3.63, 3.8) is 0 Å². The number of allylic oxidation sites excluding steroid dienone is 3. The molecule has 15 nitrogen and oxygen atoms in total. The highest BCUT2D eigenvalue weighted by molar-refractivity contribution is 7.86. The number of benzene rings is 3. The van der Waals surface area contributed by atoms with E-state index in [-0.39, 0.29) is 60.5 Å². The van der Waals surface area contributed by atoms with Gasteiger partial charge in [-0.05, 0) is 56.0 Å². The fourth-order valence-electron chi connectivity index (χ4n) is 6.46. The summed E-state index contributed by atoms with van der Waals surface area (Å²) in [6.45, 7) is 3.51. The molecule has 1 atom stereocenters. The zero-order valence-electron chi connectivity index (χ0n) is 27.9. The summed E-state index contributed by atoms with van der Waals surface area (Å²) in [7, 11) is -18.2. The number of hydrogen-bond donors (Lipinski definition) is 6. The van der Waals surface area contributed by atoms with Crippen LogP contribution in [0, 0.1) is 6.92 Å². The SMILES string of the molecule is Cc1cc2c(cc1NCCCS(=O)(=O)O)[O+]=C1C(=CC(C)(c3ccccc3S(=O)(=O)O)C(NCCCS(=O)(=O)O)=C1c1ccccc1S(=O)(=O)O)C2. The second-order valence-corrected chi connectivity index (χ2v) is 18.5. The van der Waals surface area contributed by atoms with E-state index in [1.165, 1.54) is 42.5 Å². The minimum absolute atomic E-state index is 0.0439. The Morgan fingerprint density at radius 1 is 0.750 bits per heavy atom. The van der Waals surface area contributed by atoms with Crippen LogP contribution < -0.4 is 10.6 Å². The molecule has 6 N–H and O–H groups in total. The molecule has 0 aromatic heterocycles. The maximum absolute atomic E-state index is 12.8. The number of rotatable bonds is 14. The van der Waals surface area contributed by atoms with Gasteiger partial charge in [-0.2, -0.15) is 33.7 Å². The van der Waals surface area contributed by atoms with E-state index in [0.29, 0.717) is 22.6 Å². The van der Waals surface area contributed by atoms with Crippen molar-refractivity contribution in [2.75, 3.05) is 29.9 Å². The van der Waals surface area contributed by atoms with E-state index in [0.717, 1.165) is 5.56 Å². The first kappa shape index (κ1) is 39.3. The van der Waals surface area contributed by atoms with Gasteiger partial charge in [0.25, 0.3) is 40.5 Å². The van der Waals surface area contributed by atoms with Gasteiger partial charge in [-0.25, -0.2) is 4.42 Å². The Morgan fingerprint density at radius 2 is 1.31 bits per heavy atom. The molecule has 0 saturated carbocycles. The van der Waals surface area contributed by atoms with Gasteiger partial charge < -0.3 is 10.6 Å². The molecule has 1 aliphatic heterocycles. The fourth-order valence-corrected chi connectivity index (χ4v) is 8.99. The molecule has 1 heterocycles. The molecule has 0 fully saturated rings. The molecule has 280 valence electrons. The molecule has 52 heavy (non-hydrogen) atoms. The predicted molar refractivity (Wildman–Crippen MR) is 193 cm³/mol. The van der Waals surface area contributed by atoms with Crippen LogP contribution in [0.15, 0.2) is 87.8 Å². The first-order valence-electron chi connectivity index (χ1n) is 15.8. The van der Waals surface area contributed by atoms with Crippen molar-refractivity contribution in [3.8, 4) is 5.75 Å². The van der Waals surface area contributed by atoms with Gasteiger partial charge in [0.2, 0.25) is 0 Å². The van der Waals surface area contributed by atoms with E-state index in [1.54, 1.807) is 25.1 Å². The molecule has 0 saturated heterocycles. The Hall–Kier alpha value is -3.95. The standard InChI is InChI=1S/C33H36N2O13S4/c1-21-17-22-18-23-20-33(2,25-10-4-6-12-29(25)52(45,46)47)32(35-14-8-16-50(39,40)41)30(24-9-3-5-11-28(24)51(42,43)44)31(23)48-27(22)19-26(21)34-13-7-15-49(36,37)38/h3-6,9-12,17,19-20,34-35H,7-8,13-16,18H2,1-2H3,(H3-,36,37,38,39,40,41,42,43,44,45,46,47)/p+1. The van der Waals surface area contributed by atoms with Gasteiger partial charge in [-0.15, -0.1) is 0 Å². The van der Waals surface area contributed by atoms with Gasteiger partial charge in [-0.1, -0.05) is 42.5 Å². The summed E-state index contributed by atoms with van der Waals surface area (Å²) in [5.74, 6) is -0.620. The number of aryl methyl sites for hydroxylation is 1. The number of carbonyl (C=O) groups excluding carboxylic acids is 1. The van der Waals surface area contributed by atoms with Crippen molar-refractivity contribution in [1.29, 1.82) is 0 Å². The third-order valence-corrected chi connectivity index (χ3v) is 12.1. The lowest BCUT2D eigenvalue weighted by atomic mass is 9.69. The average Bonchev–Trinajstić information content (AvgIpc) is 3.03. The van der Waals surface area contributed by atoms with Gasteiger partial charge in [0.05, 0.1) is 39.0 Å². The number of anilines is 1. The van der Waals surface area contributed by atoms with E-state index in [1.807, 2.05) is 13.0 Å². The van der Waals surface area contributed by atoms with Crippen LogP contribution in [-0.2, 0) is 56.7 Å². The highest BCUT2D eigenvalue weighted by Crippen LogP contribution is 2.48. The molecule has 1 aliphatic carbocycles. The van der Waals surface area contributed by atoms with Crippen molar-refractivity contribution < 1.29 is 56.3 Å². The molecule has 0 spiro atoms. The van der Waals surface area contributed by atoms with Crippen LogP contribution in [0.25, 0.3) is 5.57 Å². The molecule has 0 amide bonds. The summed E-state index contributed by atoms with van der Waals surface area (Å²) in [5.41, 5.74) is 1.26. The van der Waals surface area contributed by atoms with Crippen molar-refractivity contribution in [2.24, 2.45) is 0 Å². The largest absolute Gasteiger partial charge is 0.387 e. The third kappa shape index (κ3) is 8.80. The molecule has 1 unspecified atom stereocenters. The molecular weight excluding hydrogens is 761 g/mol. The third-order valence-electron chi connectivity index (χ3n) is 8.69. The van der Waals surface area contributed by atoms with Crippen LogP contribution in [-0.4, -0.2) is 82.3 Å². The van der Waals surface area contributed by atoms with E-state index in [2.05, 4.69) is 10.6 Å². The topological polar surface area (TPSA) is 253 Å². The Bertz CT molecular complexity index is 2470. The van der Waals surface area contributed by atoms with Gasteiger partial charge in [0.15, 0.2) is 0 Å². The van der Waals surface area contributed by atoms with Crippen LogP contribution in [0.1, 0.15) is 42.0 Å². The summed E-state index contributed by atoms with van der Waals surface area (Å²) < 4.78 is 142. The molecule has 19 heteroatoms. The lowest BCUT2D eigenvalue weighted by Gasteiger charge is -2.37.